The lowest BCUT2D eigenvalue weighted by molar-refractivity contribution is -0.121. The molecule has 2 heterocycles. The molecule has 2 aliphatic heterocycles. The van der Waals surface area contributed by atoms with Gasteiger partial charge in [0.2, 0.25) is 5.91 Å². The van der Waals surface area contributed by atoms with Crippen LogP contribution >= 0.6 is 0 Å². The molecular weight excluding hydrogens is 377 g/mol. The van der Waals surface area contributed by atoms with E-state index < -0.39 is 0 Å². The maximum atomic E-state index is 13.7. The van der Waals surface area contributed by atoms with Crippen LogP contribution < -0.4 is 25.0 Å². The topological polar surface area (TPSA) is 79.9 Å². The van der Waals surface area contributed by atoms with Gasteiger partial charge in [-0.1, -0.05) is 6.07 Å². The third kappa shape index (κ3) is 3.70. The Kier molecular flexibility index (Phi) is 5.00. The fourth-order valence-electron chi connectivity index (χ4n) is 3.80. The van der Waals surface area contributed by atoms with Crippen LogP contribution in [0.2, 0.25) is 0 Å². The van der Waals surface area contributed by atoms with E-state index in [1.54, 1.807) is 13.1 Å². The molecule has 8 heteroatoms. The number of carbonyl (C=O) groups excluding carboxylic acids is 2. The molecule has 0 aliphatic carbocycles. The van der Waals surface area contributed by atoms with E-state index >= 15 is 0 Å². The molecule has 0 saturated heterocycles. The number of ether oxygens (including phenoxy) is 2. The zero-order valence-corrected chi connectivity index (χ0v) is 16.2. The van der Waals surface area contributed by atoms with Gasteiger partial charge in [-0.25, -0.2) is 4.39 Å². The van der Waals surface area contributed by atoms with Gasteiger partial charge < -0.3 is 25.0 Å². The van der Waals surface area contributed by atoms with Crippen LogP contribution in [0.25, 0.3) is 0 Å². The highest BCUT2D eigenvalue weighted by Gasteiger charge is 2.33. The Bertz CT molecular complexity index is 965. The monoisotopic (exact) mass is 399 g/mol. The highest BCUT2D eigenvalue weighted by atomic mass is 19.1. The van der Waals surface area contributed by atoms with E-state index in [2.05, 4.69) is 15.5 Å². The summed E-state index contributed by atoms with van der Waals surface area (Å²) in [5.74, 6) is 0.376. The van der Waals surface area contributed by atoms with Gasteiger partial charge in [-0.05, 0) is 36.8 Å². The Morgan fingerprint density at radius 2 is 2.10 bits per heavy atom. The summed E-state index contributed by atoms with van der Waals surface area (Å²) in [4.78, 5) is 25.8. The fourth-order valence-corrected chi connectivity index (χ4v) is 3.80. The zero-order valence-electron chi connectivity index (χ0n) is 16.2. The maximum Gasteiger partial charge on any atom is 0.262 e. The highest BCUT2D eigenvalue weighted by molar-refractivity contribution is 5.95. The molecule has 0 aromatic heterocycles. The van der Waals surface area contributed by atoms with Crippen LogP contribution in [0.3, 0.4) is 0 Å². The SMILES string of the molecule is CNC(=O)CC1COc2cc(F)ccc2N1C(C)c1ccc2c(c1)NC(=O)CO2. The normalized spacial score (nSPS) is 18.5. The predicted molar refractivity (Wildman–Crippen MR) is 106 cm³/mol. The van der Waals surface area contributed by atoms with Crippen LogP contribution in [-0.2, 0) is 9.59 Å². The molecule has 2 N–H and O–H groups in total. The van der Waals surface area contributed by atoms with Crippen molar-refractivity contribution in [2.24, 2.45) is 0 Å². The van der Waals surface area contributed by atoms with Crippen molar-refractivity contribution in [3.63, 3.8) is 0 Å². The second-order valence-corrected chi connectivity index (χ2v) is 7.13. The van der Waals surface area contributed by atoms with Gasteiger partial charge in [0.25, 0.3) is 5.91 Å². The van der Waals surface area contributed by atoms with Gasteiger partial charge in [-0.15, -0.1) is 0 Å². The highest BCUT2D eigenvalue weighted by Crippen LogP contribution is 2.41. The molecule has 29 heavy (non-hydrogen) atoms. The third-order valence-electron chi connectivity index (χ3n) is 5.26. The summed E-state index contributed by atoms with van der Waals surface area (Å²) in [6, 6.07) is 9.62. The number of nitrogens with zero attached hydrogens (tertiary/aromatic N) is 1. The van der Waals surface area contributed by atoms with E-state index in [0.29, 0.717) is 17.2 Å². The van der Waals surface area contributed by atoms with Crippen molar-refractivity contribution >= 4 is 23.2 Å². The lowest BCUT2D eigenvalue weighted by Crippen LogP contribution is -2.46. The predicted octanol–water partition coefficient (Wildman–Crippen LogP) is 2.62. The summed E-state index contributed by atoms with van der Waals surface area (Å²) in [5.41, 5.74) is 2.26. The third-order valence-corrected chi connectivity index (χ3v) is 5.26. The molecule has 2 unspecified atom stereocenters. The van der Waals surface area contributed by atoms with Crippen molar-refractivity contribution in [1.82, 2.24) is 5.32 Å². The first kappa shape index (κ1) is 19.0. The van der Waals surface area contributed by atoms with E-state index in [-0.39, 0.29) is 49.3 Å². The summed E-state index contributed by atoms with van der Waals surface area (Å²) in [7, 11) is 1.59. The fraction of sp³-hybridized carbons (Fsp3) is 0.333. The van der Waals surface area contributed by atoms with Crippen LogP contribution in [0.15, 0.2) is 36.4 Å². The van der Waals surface area contributed by atoms with Crippen molar-refractivity contribution in [3.05, 3.63) is 47.8 Å². The summed E-state index contributed by atoms with van der Waals surface area (Å²) in [6.07, 6.45) is 0.239. The molecule has 7 nitrogen and oxygen atoms in total. The second kappa shape index (κ2) is 7.62. The molecule has 2 aromatic rings. The molecule has 152 valence electrons. The molecule has 0 bridgehead atoms. The number of amides is 2. The van der Waals surface area contributed by atoms with Gasteiger partial charge in [-0.3, -0.25) is 9.59 Å². The molecule has 0 radical (unpaired) electrons. The first-order chi connectivity index (χ1) is 14.0. The minimum atomic E-state index is -0.380. The Hall–Kier alpha value is -3.29. The molecule has 2 atom stereocenters. The minimum Gasteiger partial charge on any atom is -0.489 e. The quantitative estimate of drug-likeness (QED) is 0.826. The second-order valence-electron chi connectivity index (χ2n) is 7.13. The van der Waals surface area contributed by atoms with Gasteiger partial charge in [0, 0.05) is 13.1 Å². The summed E-state index contributed by atoms with van der Waals surface area (Å²) in [5, 5.41) is 5.46. The summed E-state index contributed by atoms with van der Waals surface area (Å²) in [6.45, 7) is 2.26. The van der Waals surface area contributed by atoms with Crippen LogP contribution in [-0.4, -0.2) is 38.1 Å². The number of rotatable bonds is 4. The summed E-state index contributed by atoms with van der Waals surface area (Å²) < 4.78 is 24.9. The Labute approximate surface area is 167 Å². The molecule has 0 spiro atoms. The van der Waals surface area contributed by atoms with Gasteiger partial charge in [0.1, 0.15) is 23.9 Å². The zero-order chi connectivity index (χ0) is 20.5. The van der Waals surface area contributed by atoms with Crippen LogP contribution in [0.4, 0.5) is 15.8 Å². The largest absolute Gasteiger partial charge is 0.489 e. The molecular formula is C21H22FN3O4. The van der Waals surface area contributed by atoms with E-state index in [9.17, 15) is 14.0 Å². The van der Waals surface area contributed by atoms with Crippen LogP contribution in [0, 0.1) is 5.82 Å². The first-order valence-corrected chi connectivity index (χ1v) is 9.44. The van der Waals surface area contributed by atoms with Gasteiger partial charge >= 0.3 is 0 Å². The van der Waals surface area contributed by atoms with Gasteiger partial charge in [-0.2, -0.15) is 0 Å². The lowest BCUT2D eigenvalue weighted by atomic mass is 9.99. The van der Waals surface area contributed by atoms with Crippen molar-refractivity contribution < 1.29 is 23.5 Å². The van der Waals surface area contributed by atoms with Crippen molar-refractivity contribution in [3.8, 4) is 11.5 Å². The molecule has 4 rings (SSSR count). The Morgan fingerprint density at radius 3 is 2.90 bits per heavy atom. The molecule has 2 aromatic carbocycles. The van der Waals surface area contributed by atoms with E-state index in [4.69, 9.17) is 9.47 Å². The molecule has 0 fully saturated rings. The van der Waals surface area contributed by atoms with Gasteiger partial charge in [0.15, 0.2) is 6.61 Å². The number of carbonyl (C=O) groups is 2. The van der Waals surface area contributed by atoms with Crippen LogP contribution in [0.5, 0.6) is 11.5 Å². The molecule has 2 amide bonds. The van der Waals surface area contributed by atoms with Gasteiger partial charge in [0.05, 0.1) is 29.9 Å². The Balaban J connectivity index is 1.71. The average molecular weight is 399 g/mol. The van der Waals surface area contributed by atoms with E-state index in [1.807, 2.05) is 25.1 Å². The number of fused-ring (bicyclic) bond motifs is 2. The Morgan fingerprint density at radius 1 is 1.28 bits per heavy atom. The lowest BCUT2D eigenvalue weighted by Gasteiger charge is -2.42. The van der Waals surface area contributed by atoms with E-state index in [0.717, 1.165) is 11.3 Å². The van der Waals surface area contributed by atoms with Crippen molar-refractivity contribution in [1.29, 1.82) is 0 Å². The number of halogens is 1. The summed E-state index contributed by atoms with van der Waals surface area (Å²) >= 11 is 0. The number of nitrogens with one attached hydrogen (secondary N) is 2. The molecule has 0 saturated carbocycles. The van der Waals surface area contributed by atoms with E-state index in [1.165, 1.54) is 12.1 Å². The standard InChI is InChI=1S/C21H22FN3O4/c1-12(13-3-6-18-16(7-13)24-21(27)11-29-18)25-15(9-20(26)23-2)10-28-19-8-14(22)4-5-17(19)25/h3-8,12,15H,9-11H2,1-2H3,(H,23,26)(H,24,27). The number of anilines is 2. The minimum absolute atomic E-state index is 0.00148. The van der Waals surface area contributed by atoms with Crippen molar-refractivity contribution in [2.75, 3.05) is 30.5 Å². The smallest absolute Gasteiger partial charge is 0.262 e. The first-order valence-electron chi connectivity index (χ1n) is 9.44. The number of hydrogen-bond acceptors (Lipinski definition) is 5. The average Bonchev–Trinajstić information content (AvgIpc) is 2.72. The van der Waals surface area contributed by atoms with Crippen LogP contribution in [0.1, 0.15) is 24.9 Å². The molecule has 2 aliphatic rings. The number of benzene rings is 2. The van der Waals surface area contributed by atoms with Crippen molar-refractivity contribution in [2.45, 2.75) is 25.4 Å². The maximum absolute atomic E-state index is 13.7. The number of hydrogen-bond donors (Lipinski definition) is 2.